The summed E-state index contributed by atoms with van der Waals surface area (Å²) < 4.78 is 0. The van der Waals surface area contributed by atoms with Crippen LogP contribution in [0.1, 0.15) is 77.0 Å². The maximum absolute atomic E-state index is 11.1. The molecule has 0 aliphatic heterocycles. The normalized spacial score (nSPS) is 42.1. The van der Waals surface area contributed by atoms with Crippen molar-refractivity contribution in [3.05, 3.63) is 0 Å². The summed E-state index contributed by atoms with van der Waals surface area (Å²) in [6.07, 6.45) is 15.5. The molecule has 0 heterocycles. The molecule has 3 aliphatic carbocycles. The minimum Gasteiger partial charge on any atom is -0.481 e. The Bertz CT molecular complexity index is 395. The molecule has 0 bridgehead atoms. The molecule has 3 fully saturated rings. The van der Waals surface area contributed by atoms with Gasteiger partial charge in [-0.1, -0.05) is 0 Å². The van der Waals surface area contributed by atoms with E-state index >= 15 is 0 Å². The van der Waals surface area contributed by atoms with Gasteiger partial charge in [0.1, 0.15) is 6.29 Å². The zero-order valence-corrected chi connectivity index (χ0v) is 14.3. The molecule has 3 rings (SSSR count). The lowest BCUT2D eigenvalue weighted by atomic mass is 9.65. The number of carboxylic acids is 1. The van der Waals surface area contributed by atoms with Gasteiger partial charge in [0.2, 0.25) is 0 Å². The molecule has 0 aromatic heterocycles. The highest BCUT2D eigenvalue weighted by Gasteiger charge is 2.35. The maximum atomic E-state index is 11.1. The summed E-state index contributed by atoms with van der Waals surface area (Å²) >= 11 is 0. The molecule has 0 aromatic rings. The van der Waals surface area contributed by atoms with Gasteiger partial charge in [-0.25, -0.2) is 0 Å². The van der Waals surface area contributed by atoms with Gasteiger partial charge in [-0.3, -0.25) is 4.79 Å². The van der Waals surface area contributed by atoms with Crippen molar-refractivity contribution in [3.8, 4) is 0 Å². The van der Waals surface area contributed by atoms with Gasteiger partial charge >= 0.3 is 5.97 Å². The predicted molar refractivity (Wildman–Crippen MR) is 90.0 cm³/mol. The minimum absolute atomic E-state index is 0.0735. The topological polar surface area (TPSA) is 54.4 Å². The standard InChI is InChI=1S/C20H32O3/c21-13-14-1-3-15(4-2-14)16-5-7-17(8-6-16)18-9-11-19(12-10-18)20(22)23/h13-19H,1-12H2,(H,22,23). The van der Waals surface area contributed by atoms with E-state index in [2.05, 4.69) is 0 Å². The van der Waals surface area contributed by atoms with E-state index in [0.29, 0.717) is 5.92 Å². The second-order valence-electron chi connectivity index (χ2n) is 8.44. The van der Waals surface area contributed by atoms with Crippen LogP contribution in [0.5, 0.6) is 0 Å². The first-order chi connectivity index (χ1) is 11.2. The monoisotopic (exact) mass is 320 g/mol. The number of aliphatic carboxylic acids is 1. The van der Waals surface area contributed by atoms with Gasteiger partial charge in [0.25, 0.3) is 0 Å². The van der Waals surface area contributed by atoms with Crippen molar-refractivity contribution < 1.29 is 14.7 Å². The fourth-order valence-electron chi connectivity index (χ4n) is 5.68. The summed E-state index contributed by atoms with van der Waals surface area (Å²) in [6, 6.07) is 0. The molecule has 3 heteroatoms. The highest BCUT2D eigenvalue weighted by atomic mass is 16.4. The van der Waals surface area contributed by atoms with Crippen LogP contribution in [0.4, 0.5) is 0 Å². The Hall–Kier alpha value is -0.860. The van der Waals surface area contributed by atoms with Crippen LogP contribution in [0.25, 0.3) is 0 Å². The number of rotatable bonds is 4. The molecule has 0 amide bonds. The molecule has 0 atom stereocenters. The lowest BCUT2D eigenvalue weighted by Crippen LogP contribution is -2.31. The summed E-state index contributed by atoms with van der Waals surface area (Å²) in [7, 11) is 0. The molecule has 3 aliphatic rings. The first-order valence-electron chi connectivity index (χ1n) is 9.85. The third-order valence-electron chi connectivity index (χ3n) is 7.28. The second-order valence-corrected chi connectivity index (χ2v) is 8.44. The summed E-state index contributed by atoms with van der Waals surface area (Å²) in [5.74, 6) is 3.09. The molecule has 0 saturated heterocycles. The highest BCUT2D eigenvalue weighted by Crippen LogP contribution is 2.45. The first-order valence-corrected chi connectivity index (χ1v) is 9.85. The Balaban J connectivity index is 1.41. The molecule has 3 saturated carbocycles. The fraction of sp³-hybridized carbons (Fsp3) is 0.900. The number of hydrogen-bond donors (Lipinski definition) is 1. The highest BCUT2D eigenvalue weighted by molar-refractivity contribution is 5.69. The van der Waals surface area contributed by atoms with E-state index < -0.39 is 5.97 Å². The van der Waals surface area contributed by atoms with Crippen molar-refractivity contribution in [2.45, 2.75) is 77.0 Å². The number of aldehydes is 1. The predicted octanol–water partition coefficient (Wildman–Crippen LogP) is 4.69. The Morgan fingerprint density at radius 3 is 1.35 bits per heavy atom. The van der Waals surface area contributed by atoms with Gasteiger partial charge < -0.3 is 9.90 Å². The Kier molecular flexibility index (Phi) is 5.76. The zero-order valence-electron chi connectivity index (χ0n) is 14.3. The van der Waals surface area contributed by atoms with E-state index in [4.69, 9.17) is 5.11 Å². The SMILES string of the molecule is O=CC1CCC(C2CCC(C3CCC(C(=O)O)CC3)CC2)CC1. The third-order valence-corrected chi connectivity index (χ3v) is 7.28. The molecular weight excluding hydrogens is 288 g/mol. The van der Waals surface area contributed by atoms with Crippen LogP contribution in [-0.2, 0) is 9.59 Å². The van der Waals surface area contributed by atoms with E-state index in [0.717, 1.165) is 62.2 Å². The second kappa shape index (κ2) is 7.81. The van der Waals surface area contributed by atoms with Crippen LogP contribution in [0, 0.1) is 35.5 Å². The van der Waals surface area contributed by atoms with Gasteiger partial charge in [-0.05, 0) is 101 Å². The van der Waals surface area contributed by atoms with E-state index in [9.17, 15) is 9.59 Å². The van der Waals surface area contributed by atoms with Crippen molar-refractivity contribution >= 4 is 12.3 Å². The van der Waals surface area contributed by atoms with E-state index in [1.807, 2.05) is 0 Å². The van der Waals surface area contributed by atoms with Crippen molar-refractivity contribution in [2.24, 2.45) is 35.5 Å². The fourth-order valence-corrected chi connectivity index (χ4v) is 5.68. The molecule has 0 aromatic carbocycles. The molecule has 3 nitrogen and oxygen atoms in total. The third kappa shape index (κ3) is 4.16. The van der Waals surface area contributed by atoms with Crippen molar-refractivity contribution in [2.75, 3.05) is 0 Å². The molecule has 23 heavy (non-hydrogen) atoms. The summed E-state index contributed by atoms with van der Waals surface area (Å²) in [4.78, 5) is 22.0. The lowest BCUT2D eigenvalue weighted by molar-refractivity contribution is -0.143. The number of hydrogen-bond acceptors (Lipinski definition) is 2. The number of carboxylic acid groups (broad SMARTS) is 1. The van der Waals surface area contributed by atoms with Crippen molar-refractivity contribution in [1.82, 2.24) is 0 Å². The van der Waals surface area contributed by atoms with Crippen LogP contribution in [-0.4, -0.2) is 17.4 Å². The van der Waals surface area contributed by atoms with Crippen molar-refractivity contribution in [1.29, 1.82) is 0 Å². The Labute approximate surface area is 140 Å². The average Bonchev–Trinajstić information content (AvgIpc) is 2.62. The zero-order chi connectivity index (χ0) is 16.2. The largest absolute Gasteiger partial charge is 0.481 e. The van der Waals surface area contributed by atoms with Crippen LogP contribution < -0.4 is 0 Å². The smallest absolute Gasteiger partial charge is 0.306 e. The molecule has 0 radical (unpaired) electrons. The molecule has 130 valence electrons. The van der Waals surface area contributed by atoms with Gasteiger partial charge in [0, 0.05) is 5.92 Å². The number of carbonyl (C=O) groups excluding carboxylic acids is 1. The van der Waals surface area contributed by atoms with Gasteiger partial charge in [-0.2, -0.15) is 0 Å². The van der Waals surface area contributed by atoms with Crippen LogP contribution in [0.15, 0.2) is 0 Å². The van der Waals surface area contributed by atoms with Crippen LogP contribution >= 0.6 is 0 Å². The van der Waals surface area contributed by atoms with E-state index in [1.165, 1.54) is 44.8 Å². The molecule has 0 spiro atoms. The minimum atomic E-state index is -0.585. The molecular formula is C20H32O3. The van der Waals surface area contributed by atoms with E-state index in [1.54, 1.807) is 0 Å². The van der Waals surface area contributed by atoms with Crippen LogP contribution in [0.3, 0.4) is 0 Å². The van der Waals surface area contributed by atoms with Crippen LogP contribution in [0.2, 0.25) is 0 Å². The van der Waals surface area contributed by atoms with Crippen molar-refractivity contribution in [3.63, 3.8) is 0 Å². The lowest BCUT2D eigenvalue weighted by Gasteiger charge is -2.40. The Morgan fingerprint density at radius 2 is 1.00 bits per heavy atom. The summed E-state index contributed by atoms with van der Waals surface area (Å²) in [5.41, 5.74) is 0. The van der Waals surface area contributed by atoms with Gasteiger partial charge in [0.05, 0.1) is 5.92 Å². The summed E-state index contributed by atoms with van der Waals surface area (Å²) in [6.45, 7) is 0. The summed E-state index contributed by atoms with van der Waals surface area (Å²) in [5, 5.41) is 9.13. The quantitative estimate of drug-likeness (QED) is 0.765. The molecule has 1 N–H and O–H groups in total. The average molecular weight is 320 g/mol. The maximum Gasteiger partial charge on any atom is 0.306 e. The van der Waals surface area contributed by atoms with E-state index in [-0.39, 0.29) is 5.92 Å². The van der Waals surface area contributed by atoms with Gasteiger partial charge in [0.15, 0.2) is 0 Å². The Morgan fingerprint density at radius 1 is 0.652 bits per heavy atom. The first kappa shape index (κ1) is 17.0. The molecule has 0 unspecified atom stereocenters. The number of carbonyl (C=O) groups is 2. The van der Waals surface area contributed by atoms with Gasteiger partial charge in [-0.15, -0.1) is 0 Å².